The van der Waals surface area contributed by atoms with Crippen LogP contribution in [0.4, 0.5) is 8.78 Å². The van der Waals surface area contributed by atoms with E-state index < -0.39 is 11.7 Å². The van der Waals surface area contributed by atoms with Crippen LogP contribution in [0.25, 0.3) is 5.57 Å². The van der Waals surface area contributed by atoms with Crippen LogP contribution in [0.5, 0.6) is 0 Å². The molecule has 0 N–H and O–H groups in total. The molecule has 0 aliphatic heterocycles. The Bertz CT molecular complexity index is 1310. The van der Waals surface area contributed by atoms with Crippen molar-refractivity contribution in [2.24, 2.45) is 5.92 Å². The monoisotopic (exact) mass is 577 g/mol. The first-order chi connectivity index (χ1) is 19.8. The highest BCUT2D eigenvalue weighted by molar-refractivity contribution is 5.81. The molecule has 3 nitrogen and oxygen atoms in total. The first-order valence-corrected chi connectivity index (χ1v) is 15.6. The zero-order valence-electron chi connectivity index (χ0n) is 27.7. The van der Waals surface area contributed by atoms with Gasteiger partial charge in [-0.3, -0.25) is 0 Å². The van der Waals surface area contributed by atoms with E-state index in [1.165, 1.54) is 39.1 Å². The third-order valence-corrected chi connectivity index (χ3v) is 9.22. The van der Waals surface area contributed by atoms with Gasteiger partial charge in [0.15, 0.2) is 5.83 Å². The highest BCUT2D eigenvalue weighted by Crippen LogP contribution is 2.36. The summed E-state index contributed by atoms with van der Waals surface area (Å²) in [5.41, 5.74) is 9.16. The molecule has 2 aliphatic carbocycles. The summed E-state index contributed by atoms with van der Waals surface area (Å²) in [5, 5.41) is 4.25. The molecule has 0 fully saturated rings. The Morgan fingerprint density at radius 1 is 1.05 bits per heavy atom. The molecule has 1 unspecified atom stereocenters. The van der Waals surface area contributed by atoms with Crippen LogP contribution in [0, 0.1) is 12.8 Å². The maximum Gasteiger partial charge on any atom is 0.158 e. The number of halogens is 2. The maximum atomic E-state index is 14.6. The number of nitrogens with zero attached hydrogens (tertiary/aromatic N) is 3. The molecule has 0 spiro atoms. The SMILES string of the molecule is CCCC(C)(/C(C)=C(\C)CN(C)C1=CCC=C(C(C)C)C=C1c1cccc(C)c1)N(C)N(C)CC1=CCCC(F)=C1F. The standard InChI is InChI=1S/C37H53F2N3/c1-11-21-37(7,42(10)41(9)25-32-18-13-19-34(38)36(32)39)29(6)28(5)24-40(8)35-20-14-16-30(26(2)3)23-33(35)31-17-12-15-27(4)22-31/h12,15-18,20,22-23,26H,11,13-14,19,21,24-25H2,1-10H3/b29-28+. The Morgan fingerprint density at radius 2 is 1.76 bits per heavy atom. The lowest BCUT2D eigenvalue weighted by Gasteiger charge is -2.46. The Balaban J connectivity index is 1.91. The lowest BCUT2D eigenvalue weighted by molar-refractivity contribution is -0.0451. The van der Waals surface area contributed by atoms with Crippen molar-refractivity contribution in [2.75, 3.05) is 34.2 Å². The van der Waals surface area contributed by atoms with Crippen molar-refractivity contribution < 1.29 is 8.78 Å². The molecule has 5 heteroatoms. The zero-order valence-corrected chi connectivity index (χ0v) is 27.7. The molecule has 230 valence electrons. The Morgan fingerprint density at radius 3 is 2.40 bits per heavy atom. The van der Waals surface area contributed by atoms with Gasteiger partial charge in [0, 0.05) is 57.5 Å². The van der Waals surface area contributed by atoms with Crippen LogP contribution in [-0.4, -0.2) is 54.7 Å². The molecule has 0 radical (unpaired) electrons. The van der Waals surface area contributed by atoms with Crippen LogP contribution in [0.15, 0.2) is 88.2 Å². The molecule has 1 atom stereocenters. The molecule has 3 rings (SSSR count). The number of rotatable bonds is 12. The summed E-state index contributed by atoms with van der Waals surface area (Å²) >= 11 is 0. The van der Waals surface area contributed by atoms with Crippen LogP contribution in [0.2, 0.25) is 0 Å². The van der Waals surface area contributed by atoms with Gasteiger partial charge in [0.05, 0.1) is 5.54 Å². The molecule has 0 heterocycles. The van der Waals surface area contributed by atoms with Gasteiger partial charge in [-0.15, -0.1) is 0 Å². The fourth-order valence-corrected chi connectivity index (χ4v) is 6.23. The third-order valence-electron chi connectivity index (χ3n) is 9.22. The van der Waals surface area contributed by atoms with Crippen LogP contribution >= 0.6 is 0 Å². The second-order valence-electron chi connectivity index (χ2n) is 12.7. The molecule has 1 aromatic carbocycles. The van der Waals surface area contributed by atoms with Gasteiger partial charge in [0.1, 0.15) is 5.83 Å². The van der Waals surface area contributed by atoms with Crippen molar-refractivity contribution in [3.05, 3.63) is 99.3 Å². The van der Waals surface area contributed by atoms with Gasteiger partial charge >= 0.3 is 0 Å². The lowest BCUT2D eigenvalue weighted by atomic mass is 9.84. The lowest BCUT2D eigenvalue weighted by Crippen LogP contribution is -2.53. The van der Waals surface area contributed by atoms with E-state index in [-0.39, 0.29) is 12.0 Å². The smallest absolute Gasteiger partial charge is 0.158 e. The summed E-state index contributed by atoms with van der Waals surface area (Å²) < 4.78 is 28.5. The zero-order chi connectivity index (χ0) is 31.2. The van der Waals surface area contributed by atoms with E-state index in [0.29, 0.717) is 24.5 Å². The number of allylic oxidation sites excluding steroid dienone is 7. The predicted octanol–water partition coefficient (Wildman–Crippen LogP) is 9.72. The van der Waals surface area contributed by atoms with Crippen molar-refractivity contribution >= 4 is 5.57 Å². The van der Waals surface area contributed by atoms with Crippen LogP contribution in [0.3, 0.4) is 0 Å². The molecule has 0 saturated carbocycles. The number of likely N-dealkylation sites (N-methyl/N-ethyl adjacent to an activating group) is 3. The molecule has 0 saturated heterocycles. The second-order valence-corrected chi connectivity index (χ2v) is 12.7. The van der Waals surface area contributed by atoms with Gasteiger partial charge in [-0.2, -0.15) is 0 Å². The van der Waals surface area contributed by atoms with Crippen molar-refractivity contribution in [1.29, 1.82) is 0 Å². The minimum absolute atomic E-state index is 0.156. The summed E-state index contributed by atoms with van der Waals surface area (Å²) in [7, 11) is 6.24. The second kappa shape index (κ2) is 14.6. The van der Waals surface area contributed by atoms with E-state index in [9.17, 15) is 8.78 Å². The molecule has 42 heavy (non-hydrogen) atoms. The summed E-state index contributed by atoms with van der Waals surface area (Å²) in [5.74, 6) is -0.857. The number of hydrogen-bond donors (Lipinski definition) is 0. The summed E-state index contributed by atoms with van der Waals surface area (Å²) in [6, 6.07) is 8.79. The van der Waals surface area contributed by atoms with E-state index in [1.807, 2.05) is 18.1 Å². The first-order valence-electron chi connectivity index (χ1n) is 15.6. The van der Waals surface area contributed by atoms with Gasteiger partial charge in [-0.05, 0) is 70.1 Å². The largest absolute Gasteiger partial charge is 0.370 e. The average Bonchev–Trinajstić information content (AvgIpc) is 3.18. The molecular weight excluding hydrogens is 524 g/mol. The van der Waals surface area contributed by atoms with Crippen molar-refractivity contribution in [2.45, 2.75) is 86.1 Å². The first kappa shape index (κ1) is 33.7. The number of hydrazine groups is 1. The van der Waals surface area contributed by atoms with E-state index in [2.05, 4.69) is 115 Å². The van der Waals surface area contributed by atoms with E-state index in [4.69, 9.17) is 0 Å². The minimum Gasteiger partial charge on any atom is -0.370 e. The highest BCUT2D eigenvalue weighted by atomic mass is 19.2. The average molecular weight is 578 g/mol. The Labute approximate surface area is 254 Å². The van der Waals surface area contributed by atoms with Gasteiger partial charge in [-0.1, -0.05) is 86.4 Å². The topological polar surface area (TPSA) is 9.72 Å². The predicted molar refractivity (Wildman–Crippen MR) is 176 cm³/mol. The molecule has 1 aromatic rings. The normalized spacial score (nSPS) is 18.4. The van der Waals surface area contributed by atoms with Crippen LogP contribution in [0.1, 0.15) is 84.8 Å². The Hall–Kier alpha value is -2.76. The van der Waals surface area contributed by atoms with Crippen LogP contribution < -0.4 is 0 Å². The summed E-state index contributed by atoms with van der Waals surface area (Å²) in [6.45, 7) is 16.8. The van der Waals surface area contributed by atoms with Crippen molar-refractivity contribution in [1.82, 2.24) is 14.9 Å². The third kappa shape index (κ3) is 7.79. The van der Waals surface area contributed by atoms with E-state index >= 15 is 0 Å². The van der Waals surface area contributed by atoms with Crippen molar-refractivity contribution in [3.63, 3.8) is 0 Å². The fourth-order valence-electron chi connectivity index (χ4n) is 6.23. The Kier molecular flexibility index (Phi) is 11.7. The number of benzene rings is 1. The molecule has 0 bridgehead atoms. The number of hydrogen-bond acceptors (Lipinski definition) is 3. The van der Waals surface area contributed by atoms with Gasteiger partial charge in [0.2, 0.25) is 0 Å². The summed E-state index contributed by atoms with van der Waals surface area (Å²) in [4.78, 5) is 2.38. The fraction of sp³-hybridized carbons (Fsp3) is 0.514. The molecule has 2 aliphatic rings. The molecule has 0 aromatic heterocycles. The van der Waals surface area contributed by atoms with Crippen molar-refractivity contribution in [3.8, 4) is 0 Å². The number of aryl methyl sites for hydroxylation is 1. The van der Waals surface area contributed by atoms with Crippen LogP contribution in [-0.2, 0) is 0 Å². The van der Waals surface area contributed by atoms with E-state index in [0.717, 1.165) is 25.8 Å². The minimum atomic E-state index is -0.687. The van der Waals surface area contributed by atoms with Gasteiger partial charge < -0.3 is 4.90 Å². The quantitative estimate of drug-likeness (QED) is 0.181. The van der Waals surface area contributed by atoms with Gasteiger partial charge in [-0.25, -0.2) is 18.8 Å². The highest BCUT2D eigenvalue weighted by Gasteiger charge is 2.35. The maximum absolute atomic E-state index is 14.6. The van der Waals surface area contributed by atoms with Gasteiger partial charge in [0.25, 0.3) is 0 Å². The molecular formula is C37H53F2N3. The molecule has 0 amide bonds. The van der Waals surface area contributed by atoms with E-state index in [1.54, 1.807) is 0 Å². The summed E-state index contributed by atoms with van der Waals surface area (Å²) in [6.07, 6.45) is 12.5.